The molecule has 0 aromatic carbocycles. The normalized spacial score (nSPS) is 24.0. The number of carbonyl (C=O) groups is 1. The highest BCUT2D eigenvalue weighted by atomic mass is 16.8. The zero-order valence-electron chi connectivity index (χ0n) is 21.0. The molecule has 2 aliphatic heterocycles. The molecule has 0 bridgehead atoms. The Morgan fingerprint density at radius 1 is 1.15 bits per heavy atom. The monoisotopic (exact) mass is 460 g/mol. The Morgan fingerprint density at radius 3 is 2.48 bits per heavy atom. The van der Waals surface area contributed by atoms with Crippen molar-refractivity contribution in [3.05, 3.63) is 58.1 Å². The summed E-state index contributed by atoms with van der Waals surface area (Å²) in [5, 5.41) is 9.92. The van der Waals surface area contributed by atoms with Crippen LogP contribution in [0.3, 0.4) is 0 Å². The predicted octanol–water partition coefficient (Wildman–Crippen LogP) is 6.42. The van der Waals surface area contributed by atoms with Crippen molar-refractivity contribution in [2.75, 3.05) is 14.2 Å². The highest BCUT2D eigenvalue weighted by Crippen LogP contribution is 2.27. The number of esters is 1. The molecule has 2 rings (SSSR count). The number of hydrogen-bond donors (Lipinski definition) is 1. The van der Waals surface area contributed by atoms with E-state index in [9.17, 15) is 9.90 Å². The lowest BCUT2D eigenvalue weighted by Gasteiger charge is -2.13. The average Bonchev–Trinajstić information content (AvgIpc) is 3.29. The topological polar surface area (TPSA) is 74.2 Å². The quantitative estimate of drug-likeness (QED) is 0.252. The van der Waals surface area contributed by atoms with Crippen LogP contribution >= 0.6 is 0 Å². The molecule has 0 aromatic heterocycles. The Bertz CT molecular complexity index is 830. The molecule has 0 radical (unpaired) electrons. The summed E-state index contributed by atoms with van der Waals surface area (Å²) in [7, 11) is 3.28. The number of ether oxygens (including phenoxy) is 4. The summed E-state index contributed by atoms with van der Waals surface area (Å²) in [6.07, 6.45) is 14.9. The Hall–Kier alpha value is -2.15. The number of carbonyl (C=O) groups excluding carboxylic acids is 1. The molecule has 33 heavy (non-hydrogen) atoms. The molecular weight excluding hydrogens is 420 g/mol. The SMILES string of the molecule is CO[C@@H]1C=C(CC/C=C(\C)CC/C=C(\C)CCC[C@@H](C)/C=C2\OC(=O)C(C)=C2O)[C@@H](OC)O1. The molecule has 3 atom stereocenters. The third-order valence-electron chi connectivity index (χ3n) is 6.08. The second kappa shape index (κ2) is 13.5. The summed E-state index contributed by atoms with van der Waals surface area (Å²) in [5.74, 6) is 0.0403. The number of cyclic esters (lactones) is 1. The number of aliphatic hydroxyl groups excluding tert-OH is 1. The van der Waals surface area contributed by atoms with Crippen molar-refractivity contribution in [3.8, 4) is 0 Å². The van der Waals surface area contributed by atoms with Gasteiger partial charge in [-0.3, -0.25) is 0 Å². The lowest BCUT2D eigenvalue weighted by molar-refractivity contribution is -0.177. The van der Waals surface area contributed by atoms with Crippen LogP contribution in [0, 0.1) is 5.92 Å². The van der Waals surface area contributed by atoms with Gasteiger partial charge in [0.1, 0.15) is 0 Å². The second-order valence-corrected chi connectivity index (χ2v) is 8.99. The standard InChI is InChI=1S/C27H40O6/c1-18(12-8-14-20(3)16-23-25(28)21(4)26(29)32-23)10-7-11-19(2)13-9-15-22-17-24(30-5)33-27(22)31-6/h10,13,16-17,20,24,27-28H,7-9,11-12,14-15H2,1-6H3/b18-10+,19-13+,23-16-/t20-,24+,27+/m1/s1. The van der Waals surface area contributed by atoms with Crippen LogP contribution in [0.2, 0.25) is 0 Å². The molecule has 6 nitrogen and oxygen atoms in total. The van der Waals surface area contributed by atoms with E-state index in [0.717, 1.165) is 50.5 Å². The van der Waals surface area contributed by atoms with E-state index in [-0.39, 0.29) is 29.8 Å². The van der Waals surface area contributed by atoms with Gasteiger partial charge in [0.25, 0.3) is 0 Å². The lowest BCUT2D eigenvalue weighted by Crippen LogP contribution is -2.17. The minimum absolute atomic E-state index is 0.0302. The Kier molecular flexibility index (Phi) is 11.1. The minimum atomic E-state index is -0.461. The Morgan fingerprint density at radius 2 is 1.85 bits per heavy atom. The molecule has 0 unspecified atom stereocenters. The summed E-state index contributed by atoms with van der Waals surface area (Å²) < 4.78 is 21.3. The molecule has 6 heteroatoms. The van der Waals surface area contributed by atoms with Gasteiger partial charge in [0.15, 0.2) is 24.1 Å². The smallest absolute Gasteiger partial charge is 0.343 e. The van der Waals surface area contributed by atoms with Crippen molar-refractivity contribution >= 4 is 5.97 Å². The van der Waals surface area contributed by atoms with Gasteiger partial charge in [-0.15, -0.1) is 0 Å². The van der Waals surface area contributed by atoms with Gasteiger partial charge in [0.05, 0.1) is 5.57 Å². The van der Waals surface area contributed by atoms with E-state index in [2.05, 4.69) is 32.9 Å². The first kappa shape index (κ1) is 27.1. The first-order valence-corrected chi connectivity index (χ1v) is 11.8. The van der Waals surface area contributed by atoms with Crippen molar-refractivity contribution in [2.24, 2.45) is 5.92 Å². The van der Waals surface area contributed by atoms with Gasteiger partial charge in [-0.2, -0.15) is 0 Å². The second-order valence-electron chi connectivity index (χ2n) is 8.99. The zero-order chi connectivity index (χ0) is 24.4. The van der Waals surface area contributed by atoms with E-state index in [1.54, 1.807) is 21.1 Å². The summed E-state index contributed by atoms with van der Waals surface area (Å²) >= 11 is 0. The highest BCUT2D eigenvalue weighted by Gasteiger charge is 2.27. The van der Waals surface area contributed by atoms with E-state index in [1.165, 1.54) is 11.1 Å². The first-order chi connectivity index (χ1) is 15.7. The number of allylic oxidation sites excluding steroid dienone is 5. The molecule has 0 amide bonds. The van der Waals surface area contributed by atoms with Crippen molar-refractivity contribution in [1.29, 1.82) is 0 Å². The third-order valence-corrected chi connectivity index (χ3v) is 6.08. The summed E-state index contributed by atoms with van der Waals surface area (Å²) in [6, 6.07) is 0. The number of aliphatic hydroxyl groups is 1. The molecule has 1 N–H and O–H groups in total. The van der Waals surface area contributed by atoms with Crippen molar-refractivity contribution in [3.63, 3.8) is 0 Å². The Balaban J connectivity index is 1.66. The maximum absolute atomic E-state index is 11.5. The molecule has 184 valence electrons. The molecule has 0 saturated heterocycles. The van der Waals surface area contributed by atoms with Gasteiger partial charge in [-0.05, 0) is 89.4 Å². The van der Waals surface area contributed by atoms with Crippen LogP contribution in [-0.2, 0) is 23.7 Å². The molecule has 0 aromatic rings. The van der Waals surface area contributed by atoms with Crippen LogP contribution in [0.15, 0.2) is 58.1 Å². The third kappa shape index (κ3) is 8.61. The zero-order valence-corrected chi connectivity index (χ0v) is 21.0. The minimum Gasteiger partial charge on any atom is -0.504 e. The molecule has 0 spiro atoms. The van der Waals surface area contributed by atoms with Gasteiger partial charge < -0.3 is 24.1 Å². The van der Waals surface area contributed by atoms with Gasteiger partial charge in [-0.1, -0.05) is 30.2 Å². The van der Waals surface area contributed by atoms with Gasteiger partial charge in [0.2, 0.25) is 0 Å². The largest absolute Gasteiger partial charge is 0.504 e. The molecule has 2 heterocycles. The predicted molar refractivity (Wildman–Crippen MR) is 129 cm³/mol. The van der Waals surface area contributed by atoms with Crippen LogP contribution < -0.4 is 0 Å². The number of methoxy groups -OCH3 is 2. The fourth-order valence-corrected chi connectivity index (χ4v) is 3.93. The van der Waals surface area contributed by atoms with Gasteiger partial charge in [0, 0.05) is 14.2 Å². The van der Waals surface area contributed by atoms with E-state index in [1.807, 2.05) is 12.2 Å². The van der Waals surface area contributed by atoms with E-state index >= 15 is 0 Å². The van der Waals surface area contributed by atoms with Crippen LogP contribution in [0.4, 0.5) is 0 Å². The van der Waals surface area contributed by atoms with E-state index < -0.39 is 5.97 Å². The van der Waals surface area contributed by atoms with E-state index in [0.29, 0.717) is 5.76 Å². The van der Waals surface area contributed by atoms with Gasteiger partial charge in [-0.25, -0.2) is 4.79 Å². The first-order valence-electron chi connectivity index (χ1n) is 11.8. The fourth-order valence-electron chi connectivity index (χ4n) is 3.93. The van der Waals surface area contributed by atoms with Crippen molar-refractivity contribution in [2.45, 2.75) is 85.2 Å². The van der Waals surface area contributed by atoms with Gasteiger partial charge >= 0.3 is 5.97 Å². The van der Waals surface area contributed by atoms with Crippen molar-refractivity contribution in [1.82, 2.24) is 0 Å². The average molecular weight is 461 g/mol. The molecule has 0 aliphatic carbocycles. The summed E-state index contributed by atoms with van der Waals surface area (Å²) in [5.41, 5.74) is 4.21. The van der Waals surface area contributed by atoms with Crippen LogP contribution in [0.1, 0.15) is 72.6 Å². The molecule has 0 fully saturated rings. The molecular formula is C27H40O6. The van der Waals surface area contributed by atoms with Crippen molar-refractivity contribution < 1.29 is 28.8 Å². The van der Waals surface area contributed by atoms with E-state index in [4.69, 9.17) is 18.9 Å². The molecule has 2 aliphatic rings. The summed E-state index contributed by atoms with van der Waals surface area (Å²) in [4.78, 5) is 11.5. The highest BCUT2D eigenvalue weighted by molar-refractivity contribution is 5.93. The van der Waals surface area contributed by atoms with Crippen LogP contribution in [0.25, 0.3) is 0 Å². The maximum Gasteiger partial charge on any atom is 0.343 e. The number of rotatable bonds is 13. The lowest BCUT2D eigenvalue weighted by atomic mass is 9.99. The maximum atomic E-state index is 11.5. The number of hydrogen-bond acceptors (Lipinski definition) is 6. The fraction of sp³-hybridized carbons (Fsp3) is 0.593. The summed E-state index contributed by atoms with van der Waals surface area (Å²) in [6.45, 7) is 8.02. The van der Waals surface area contributed by atoms with Crippen LogP contribution in [0.5, 0.6) is 0 Å². The Labute approximate surface area is 198 Å². The molecule has 0 saturated carbocycles. The van der Waals surface area contributed by atoms with Crippen LogP contribution in [-0.4, -0.2) is 37.9 Å².